The van der Waals surface area contributed by atoms with Crippen molar-refractivity contribution in [2.75, 3.05) is 13.2 Å². The molecule has 2 saturated heterocycles. The highest BCUT2D eigenvalue weighted by Gasteiger charge is 2.50. The topological polar surface area (TPSA) is 58.6 Å². The van der Waals surface area contributed by atoms with E-state index in [4.69, 9.17) is 4.74 Å². The van der Waals surface area contributed by atoms with Gasteiger partial charge in [0.2, 0.25) is 11.8 Å². The normalized spacial score (nSPS) is 40.2. The second kappa shape index (κ2) is 4.78. The van der Waals surface area contributed by atoms with Gasteiger partial charge in [0.15, 0.2) is 0 Å². The van der Waals surface area contributed by atoms with Gasteiger partial charge in [-0.25, -0.2) is 0 Å². The van der Waals surface area contributed by atoms with Gasteiger partial charge in [-0.2, -0.15) is 0 Å². The summed E-state index contributed by atoms with van der Waals surface area (Å²) in [7, 11) is 0. The maximum Gasteiger partial charge on any atom is 0.248 e. The molecule has 3 unspecified atom stereocenters. The first-order chi connectivity index (χ1) is 8.83. The summed E-state index contributed by atoms with van der Waals surface area (Å²) in [5.74, 6) is -0.0314. The Hall–Kier alpha value is -1.10. The SMILES string of the molecule is CCC1(C)NC(=O)CCN(C2(C)CCOC2C)C1=O. The number of amides is 2. The molecule has 2 heterocycles. The van der Waals surface area contributed by atoms with Crippen LogP contribution in [0.2, 0.25) is 0 Å². The molecule has 2 aliphatic heterocycles. The molecule has 0 aromatic rings. The molecule has 1 N–H and O–H groups in total. The Bertz CT molecular complexity index is 398. The number of hydrogen-bond donors (Lipinski definition) is 1. The van der Waals surface area contributed by atoms with Crippen LogP contribution < -0.4 is 5.32 Å². The van der Waals surface area contributed by atoms with Gasteiger partial charge in [-0.1, -0.05) is 6.92 Å². The van der Waals surface area contributed by atoms with Gasteiger partial charge in [0, 0.05) is 19.6 Å². The summed E-state index contributed by atoms with van der Waals surface area (Å²) in [5.41, 5.74) is -1.10. The third-order valence-electron chi connectivity index (χ3n) is 4.87. The highest BCUT2D eigenvalue weighted by Crippen LogP contribution is 2.34. The molecule has 0 aromatic carbocycles. The van der Waals surface area contributed by atoms with Crippen LogP contribution in [-0.2, 0) is 14.3 Å². The molecule has 0 radical (unpaired) electrons. The van der Waals surface area contributed by atoms with Crippen LogP contribution in [0, 0.1) is 0 Å². The highest BCUT2D eigenvalue weighted by molar-refractivity contribution is 5.93. The van der Waals surface area contributed by atoms with Gasteiger partial charge in [-0.15, -0.1) is 0 Å². The average molecular weight is 268 g/mol. The van der Waals surface area contributed by atoms with E-state index in [2.05, 4.69) is 12.2 Å². The van der Waals surface area contributed by atoms with Crippen molar-refractivity contribution < 1.29 is 14.3 Å². The highest BCUT2D eigenvalue weighted by atomic mass is 16.5. The maximum atomic E-state index is 12.8. The molecule has 108 valence electrons. The lowest BCUT2D eigenvalue weighted by Gasteiger charge is -2.43. The lowest BCUT2D eigenvalue weighted by Crippen LogP contribution is -2.61. The fourth-order valence-electron chi connectivity index (χ4n) is 2.94. The second-order valence-corrected chi connectivity index (χ2v) is 6.06. The number of rotatable bonds is 2. The van der Waals surface area contributed by atoms with Gasteiger partial charge in [0.05, 0.1) is 11.6 Å². The minimum absolute atomic E-state index is 0.00533. The van der Waals surface area contributed by atoms with Crippen molar-refractivity contribution >= 4 is 11.8 Å². The number of nitrogens with one attached hydrogen (secondary N) is 1. The van der Waals surface area contributed by atoms with Crippen LogP contribution >= 0.6 is 0 Å². The van der Waals surface area contributed by atoms with Crippen molar-refractivity contribution in [2.45, 2.75) is 64.1 Å². The van der Waals surface area contributed by atoms with E-state index in [1.807, 2.05) is 25.7 Å². The predicted molar refractivity (Wildman–Crippen MR) is 71.6 cm³/mol. The molecule has 3 atom stereocenters. The molecule has 5 nitrogen and oxygen atoms in total. The Labute approximate surface area is 114 Å². The summed E-state index contributed by atoms with van der Waals surface area (Å²) in [6, 6.07) is 0. The molecule has 2 amide bonds. The third kappa shape index (κ3) is 2.24. The number of hydrogen-bond acceptors (Lipinski definition) is 3. The zero-order valence-electron chi connectivity index (χ0n) is 12.3. The summed E-state index contributed by atoms with van der Waals surface area (Å²) < 4.78 is 5.64. The average Bonchev–Trinajstić information content (AvgIpc) is 2.64. The van der Waals surface area contributed by atoms with Crippen LogP contribution in [0.15, 0.2) is 0 Å². The first-order valence-electron chi connectivity index (χ1n) is 7.08. The number of ether oxygens (including phenoxy) is 1. The molecule has 0 saturated carbocycles. The molecule has 0 aliphatic carbocycles. The van der Waals surface area contributed by atoms with E-state index in [1.54, 1.807) is 0 Å². The minimum atomic E-state index is -0.793. The second-order valence-electron chi connectivity index (χ2n) is 6.06. The Morgan fingerprint density at radius 3 is 2.63 bits per heavy atom. The van der Waals surface area contributed by atoms with Gasteiger partial charge in [-0.3, -0.25) is 9.59 Å². The Morgan fingerprint density at radius 1 is 1.42 bits per heavy atom. The van der Waals surface area contributed by atoms with Crippen LogP contribution in [0.25, 0.3) is 0 Å². The van der Waals surface area contributed by atoms with Gasteiger partial charge in [0.25, 0.3) is 0 Å². The van der Waals surface area contributed by atoms with Crippen LogP contribution in [0.4, 0.5) is 0 Å². The monoisotopic (exact) mass is 268 g/mol. The Kier molecular flexibility index (Phi) is 3.60. The van der Waals surface area contributed by atoms with E-state index in [0.717, 1.165) is 6.42 Å². The lowest BCUT2D eigenvalue weighted by atomic mass is 9.88. The van der Waals surface area contributed by atoms with E-state index in [1.165, 1.54) is 0 Å². The summed E-state index contributed by atoms with van der Waals surface area (Å²) in [6.45, 7) is 8.96. The molecule has 2 fully saturated rings. The Morgan fingerprint density at radius 2 is 2.11 bits per heavy atom. The lowest BCUT2D eigenvalue weighted by molar-refractivity contribution is -0.145. The fraction of sp³-hybridized carbons (Fsp3) is 0.857. The molecular weight excluding hydrogens is 244 g/mol. The van der Waals surface area contributed by atoms with E-state index in [-0.39, 0.29) is 23.5 Å². The van der Waals surface area contributed by atoms with Crippen molar-refractivity contribution in [3.05, 3.63) is 0 Å². The fourth-order valence-corrected chi connectivity index (χ4v) is 2.94. The zero-order valence-corrected chi connectivity index (χ0v) is 12.3. The molecule has 5 heteroatoms. The predicted octanol–water partition coefficient (Wildman–Crippen LogP) is 1.07. The number of nitrogens with zero attached hydrogens (tertiary/aromatic N) is 1. The van der Waals surface area contributed by atoms with Gasteiger partial charge in [-0.05, 0) is 33.6 Å². The van der Waals surface area contributed by atoms with Crippen LogP contribution in [0.3, 0.4) is 0 Å². The van der Waals surface area contributed by atoms with Crippen LogP contribution in [-0.4, -0.2) is 47.0 Å². The molecule has 0 spiro atoms. The Balaban J connectivity index is 2.34. The van der Waals surface area contributed by atoms with E-state index in [9.17, 15) is 9.59 Å². The first-order valence-corrected chi connectivity index (χ1v) is 7.08. The van der Waals surface area contributed by atoms with Crippen molar-refractivity contribution in [3.63, 3.8) is 0 Å². The number of carbonyl (C=O) groups is 2. The smallest absolute Gasteiger partial charge is 0.248 e. The molecule has 19 heavy (non-hydrogen) atoms. The van der Waals surface area contributed by atoms with Gasteiger partial charge >= 0.3 is 0 Å². The molecule has 2 aliphatic rings. The molecule has 0 bridgehead atoms. The molecule has 0 aromatic heterocycles. The minimum Gasteiger partial charge on any atom is -0.376 e. The van der Waals surface area contributed by atoms with Gasteiger partial charge < -0.3 is 15.0 Å². The van der Waals surface area contributed by atoms with Crippen LogP contribution in [0.1, 0.15) is 47.0 Å². The van der Waals surface area contributed by atoms with E-state index in [0.29, 0.717) is 26.0 Å². The van der Waals surface area contributed by atoms with E-state index < -0.39 is 5.54 Å². The summed E-state index contributed by atoms with van der Waals surface area (Å²) >= 11 is 0. The van der Waals surface area contributed by atoms with Crippen molar-refractivity contribution in [2.24, 2.45) is 0 Å². The standard InChI is InChI=1S/C14H24N2O3/c1-5-13(3)12(18)16(8-6-11(17)15-13)14(4)7-9-19-10(14)2/h10H,5-9H2,1-4H3,(H,15,17). The summed E-state index contributed by atoms with van der Waals surface area (Å²) in [4.78, 5) is 26.5. The summed E-state index contributed by atoms with van der Waals surface area (Å²) in [6.07, 6.45) is 1.79. The van der Waals surface area contributed by atoms with Crippen molar-refractivity contribution in [1.29, 1.82) is 0 Å². The third-order valence-corrected chi connectivity index (χ3v) is 4.87. The first kappa shape index (κ1) is 14.3. The van der Waals surface area contributed by atoms with Gasteiger partial charge in [0.1, 0.15) is 5.54 Å². The zero-order chi connectivity index (χ0) is 14.3. The van der Waals surface area contributed by atoms with Crippen LogP contribution in [0.5, 0.6) is 0 Å². The number of carbonyl (C=O) groups excluding carboxylic acids is 2. The van der Waals surface area contributed by atoms with Crippen molar-refractivity contribution in [1.82, 2.24) is 10.2 Å². The molecular formula is C14H24N2O3. The van der Waals surface area contributed by atoms with Crippen molar-refractivity contribution in [3.8, 4) is 0 Å². The largest absolute Gasteiger partial charge is 0.376 e. The molecule has 2 rings (SSSR count). The van der Waals surface area contributed by atoms with E-state index >= 15 is 0 Å². The summed E-state index contributed by atoms with van der Waals surface area (Å²) in [5, 5.41) is 2.87. The maximum absolute atomic E-state index is 12.8. The quantitative estimate of drug-likeness (QED) is 0.815.